The van der Waals surface area contributed by atoms with Gasteiger partial charge in [0.2, 0.25) is 0 Å². The monoisotopic (exact) mass is 460 g/mol. The van der Waals surface area contributed by atoms with E-state index in [4.69, 9.17) is 4.74 Å². The Morgan fingerprint density at radius 2 is 1.62 bits per heavy atom. The fourth-order valence-corrected chi connectivity index (χ4v) is 3.93. The van der Waals surface area contributed by atoms with Gasteiger partial charge in [-0.15, -0.1) is 0 Å². The number of hydrogen-bond donors (Lipinski definition) is 1. The van der Waals surface area contributed by atoms with Crippen molar-refractivity contribution in [2.24, 2.45) is 0 Å². The van der Waals surface area contributed by atoms with Crippen LogP contribution in [0.3, 0.4) is 0 Å². The number of carbonyl (C=O) groups is 1. The first-order valence-corrected chi connectivity index (χ1v) is 11.9. The lowest BCUT2D eigenvalue weighted by Crippen LogP contribution is -2.07. The van der Waals surface area contributed by atoms with Crippen LogP contribution in [0, 0.1) is 5.82 Å². The van der Waals surface area contributed by atoms with Crippen molar-refractivity contribution < 1.29 is 19.0 Å². The average molecular weight is 461 g/mol. The van der Waals surface area contributed by atoms with Gasteiger partial charge in [-0.25, -0.2) is 9.18 Å². The standard InChI is InChI=1S/C30H33FO3/c1-4-5-6-7-22-8-10-23(11-9-22)25-14-15-28(29(31)19-25)26-13-12-24(16-17-32)27(18-26)20-34-30(33)21(2)3/h8-15,18-19,32H,2,4-7,16-17,20H2,1,3H3. The van der Waals surface area contributed by atoms with Gasteiger partial charge >= 0.3 is 5.97 Å². The molecule has 0 bridgehead atoms. The third kappa shape index (κ3) is 6.64. The molecule has 0 aliphatic carbocycles. The minimum Gasteiger partial charge on any atom is -0.457 e. The highest BCUT2D eigenvalue weighted by Gasteiger charge is 2.12. The molecule has 1 N–H and O–H groups in total. The predicted octanol–water partition coefficient (Wildman–Crippen LogP) is 7.05. The van der Waals surface area contributed by atoms with Crippen molar-refractivity contribution in [1.82, 2.24) is 0 Å². The van der Waals surface area contributed by atoms with Gasteiger partial charge < -0.3 is 9.84 Å². The number of carbonyl (C=O) groups excluding carboxylic acids is 1. The number of aryl methyl sites for hydroxylation is 1. The Kier molecular flexibility index (Phi) is 9.17. The summed E-state index contributed by atoms with van der Waals surface area (Å²) in [5.74, 6) is -0.795. The zero-order valence-electron chi connectivity index (χ0n) is 20.1. The quantitative estimate of drug-likeness (QED) is 0.189. The summed E-state index contributed by atoms with van der Waals surface area (Å²) in [5, 5.41) is 9.37. The molecule has 178 valence electrons. The van der Waals surface area contributed by atoms with Crippen LogP contribution in [0.2, 0.25) is 0 Å². The summed E-state index contributed by atoms with van der Waals surface area (Å²) in [6.45, 7) is 7.39. The fourth-order valence-electron chi connectivity index (χ4n) is 3.93. The van der Waals surface area contributed by atoms with Gasteiger partial charge in [0.1, 0.15) is 12.4 Å². The Hall–Kier alpha value is -3.24. The lowest BCUT2D eigenvalue weighted by molar-refractivity contribution is -0.140. The Balaban J connectivity index is 1.82. The Morgan fingerprint density at radius 3 is 2.26 bits per heavy atom. The molecule has 0 heterocycles. The molecule has 3 rings (SSSR count). The molecule has 0 saturated carbocycles. The van der Waals surface area contributed by atoms with E-state index in [0.717, 1.165) is 28.7 Å². The molecule has 4 heteroatoms. The van der Waals surface area contributed by atoms with Gasteiger partial charge in [0.15, 0.2) is 0 Å². The SMILES string of the molecule is C=C(C)C(=O)OCc1cc(-c2ccc(-c3ccc(CCCCC)cc3)cc2F)ccc1CCO. The predicted molar refractivity (Wildman–Crippen MR) is 136 cm³/mol. The van der Waals surface area contributed by atoms with Crippen molar-refractivity contribution in [1.29, 1.82) is 0 Å². The van der Waals surface area contributed by atoms with Crippen molar-refractivity contribution in [3.8, 4) is 22.3 Å². The maximum absolute atomic E-state index is 15.2. The normalized spacial score (nSPS) is 10.8. The number of hydrogen-bond acceptors (Lipinski definition) is 3. The van der Waals surface area contributed by atoms with Gasteiger partial charge in [-0.1, -0.05) is 74.9 Å². The fraction of sp³-hybridized carbons (Fsp3) is 0.300. The van der Waals surface area contributed by atoms with Crippen LogP contribution in [0.4, 0.5) is 4.39 Å². The molecular formula is C30H33FO3. The van der Waals surface area contributed by atoms with Crippen LogP contribution in [0.5, 0.6) is 0 Å². The van der Waals surface area contributed by atoms with Crippen molar-refractivity contribution in [2.45, 2.75) is 52.6 Å². The van der Waals surface area contributed by atoms with Crippen molar-refractivity contribution >= 4 is 5.97 Å². The molecule has 0 aliphatic heterocycles. The molecule has 3 aromatic carbocycles. The van der Waals surface area contributed by atoms with Gasteiger partial charge in [0.25, 0.3) is 0 Å². The average Bonchev–Trinajstić information content (AvgIpc) is 2.84. The molecular weight excluding hydrogens is 427 g/mol. The molecule has 0 aromatic heterocycles. The third-order valence-electron chi connectivity index (χ3n) is 5.93. The summed E-state index contributed by atoms with van der Waals surface area (Å²) in [4.78, 5) is 11.8. The Labute approximate surface area is 201 Å². The smallest absolute Gasteiger partial charge is 0.333 e. The largest absolute Gasteiger partial charge is 0.457 e. The molecule has 0 aliphatic rings. The molecule has 34 heavy (non-hydrogen) atoms. The second kappa shape index (κ2) is 12.3. The van der Waals surface area contributed by atoms with E-state index in [1.54, 1.807) is 19.1 Å². The second-order valence-corrected chi connectivity index (χ2v) is 8.66. The molecule has 0 unspecified atom stereocenters. The third-order valence-corrected chi connectivity index (χ3v) is 5.93. The molecule has 0 atom stereocenters. The number of halogens is 1. The highest BCUT2D eigenvalue weighted by molar-refractivity contribution is 5.87. The van der Waals surface area contributed by atoms with E-state index < -0.39 is 5.97 Å². The molecule has 0 spiro atoms. The number of esters is 1. The highest BCUT2D eigenvalue weighted by Crippen LogP contribution is 2.30. The first kappa shape index (κ1) is 25.4. The molecule has 0 fully saturated rings. The number of ether oxygens (including phenoxy) is 1. The van der Waals surface area contributed by atoms with E-state index in [9.17, 15) is 9.90 Å². The highest BCUT2D eigenvalue weighted by atomic mass is 19.1. The van der Waals surface area contributed by atoms with Crippen LogP contribution >= 0.6 is 0 Å². The van der Waals surface area contributed by atoms with E-state index in [-0.39, 0.29) is 19.0 Å². The molecule has 3 nitrogen and oxygen atoms in total. The summed E-state index contributed by atoms with van der Waals surface area (Å²) in [5.41, 5.74) is 6.19. The van der Waals surface area contributed by atoms with E-state index in [0.29, 0.717) is 23.1 Å². The van der Waals surface area contributed by atoms with Gasteiger partial charge in [0.05, 0.1) is 0 Å². The van der Waals surface area contributed by atoms with Crippen molar-refractivity contribution in [2.75, 3.05) is 6.61 Å². The van der Waals surface area contributed by atoms with E-state index >= 15 is 4.39 Å². The van der Waals surface area contributed by atoms with Crippen LogP contribution in [0.15, 0.2) is 72.8 Å². The Morgan fingerprint density at radius 1 is 0.912 bits per heavy atom. The molecule has 0 saturated heterocycles. The first-order valence-electron chi connectivity index (χ1n) is 11.9. The van der Waals surface area contributed by atoms with E-state index in [1.807, 2.05) is 36.4 Å². The zero-order chi connectivity index (χ0) is 24.5. The van der Waals surface area contributed by atoms with Gasteiger partial charge in [-0.3, -0.25) is 0 Å². The van der Waals surface area contributed by atoms with E-state index in [2.05, 4.69) is 25.6 Å². The van der Waals surface area contributed by atoms with Crippen molar-refractivity contribution in [3.05, 3.63) is 95.3 Å². The Bertz CT molecular complexity index is 1130. The number of aliphatic hydroxyl groups is 1. The number of benzene rings is 3. The minimum atomic E-state index is -0.479. The minimum absolute atomic E-state index is 0.0266. The summed E-state index contributed by atoms with van der Waals surface area (Å²) in [6, 6.07) is 19.1. The van der Waals surface area contributed by atoms with Crippen LogP contribution in [0.25, 0.3) is 22.3 Å². The zero-order valence-corrected chi connectivity index (χ0v) is 20.1. The summed E-state index contributed by atoms with van der Waals surface area (Å²) in [6.07, 6.45) is 5.11. The van der Waals surface area contributed by atoms with Gasteiger partial charge in [-0.2, -0.15) is 0 Å². The van der Waals surface area contributed by atoms with Crippen molar-refractivity contribution in [3.63, 3.8) is 0 Å². The second-order valence-electron chi connectivity index (χ2n) is 8.66. The van der Waals surface area contributed by atoms with Crippen LogP contribution in [-0.2, 0) is 29.0 Å². The maximum atomic E-state index is 15.2. The maximum Gasteiger partial charge on any atom is 0.333 e. The first-order chi connectivity index (χ1) is 16.4. The summed E-state index contributed by atoms with van der Waals surface area (Å²) >= 11 is 0. The van der Waals surface area contributed by atoms with E-state index in [1.165, 1.54) is 24.8 Å². The van der Waals surface area contributed by atoms with Crippen LogP contribution < -0.4 is 0 Å². The lowest BCUT2D eigenvalue weighted by Gasteiger charge is -2.13. The number of unbranched alkanes of at least 4 members (excludes halogenated alkanes) is 2. The topological polar surface area (TPSA) is 46.5 Å². The van der Waals surface area contributed by atoms with Crippen LogP contribution in [0.1, 0.15) is 49.8 Å². The van der Waals surface area contributed by atoms with Crippen LogP contribution in [-0.4, -0.2) is 17.7 Å². The van der Waals surface area contributed by atoms with Gasteiger partial charge in [0, 0.05) is 17.7 Å². The lowest BCUT2D eigenvalue weighted by atomic mass is 9.95. The summed E-state index contributed by atoms with van der Waals surface area (Å²) in [7, 11) is 0. The molecule has 3 aromatic rings. The molecule has 0 radical (unpaired) electrons. The summed E-state index contributed by atoms with van der Waals surface area (Å²) < 4.78 is 20.5. The number of rotatable bonds is 11. The number of aliphatic hydroxyl groups excluding tert-OH is 1. The van der Waals surface area contributed by atoms with Gasteiger partial charge in [-0.05, 0) is 71.7 Å². The molecule has 0 amide bonds.